The van der Waals surface area contributed by atoms with Crippen LogP contribution in [-0.2, 0) is 11.3 Å². The summed E-state index contributed by atoms with van der Waals surface area (Å²) in [6, 6.07) is -0.685. The maximum atomic E-state index is 14.3. The Morgan fingerprint density at radius 1 is 1.52 bits per heavy atom. The fraction of sp³-hybridized carbons (Fsp3) is 0.471. The van der Waals surface area contributed by atoms with E-state index in [0.29, 0.717) is 35.2 Å². The summed E-state index contributed by atoms with van der Waals surface area (Å²) in [6.07, 6.45) is 2.67. The molecule has 25 heavy (non-hydrogen) atoms. The number of hydrogen-bond acceptors (Lipinski definition) is 4. The van der Waals surface area contributed by atoms with Gasteiger partial charge in [-0.3, -0.25) is 9.59 Å². The number of halogens is 1. The predicted molar refractivity (Wildman–Crippen MR) is 91.2 cm³/mol. The number of rotatable bonds is 5. The van der Waals surface area contributed by atoms with Gasteiger partial charge in [0, 0.05) is 37.3 Å². The van der Waals surface area contributed by atoms with Crippen LogP contribution in [0.25, 0.3) is 11.0 Å². The molecule has 0 aliphatic carbocycles. The van der Waals surface area contributed by atoms with E-state index >= 15 is 0 Å². The molecule has 0 bridgehead atoms. The zero-order chi connectivity index (χ0) is 18.3. The lowest BCUT2D eigenvalue weighted by atomic mass is 9.95. The summed E-state index contributed by atoms with van der Waals surface area (Å²) >= 11 is 0. The van der Waals surface area contributed by atoms with Crippen LogP contribution in [0.1, 0.15) is 29.8 Å². The second kappa shape index (κ2) is 6.44. The predicted octanol–water partition coefficient (Wildman–Crippen LogP) is 1.10. The Bertz CT molecular complexity index is 832. The molecule has 3 N–H and O–H groups in total. The number of pyridine rings is 1. The van der Waals surface area contributed by atoms with Gasteiger partial charge in [-0.05, 0) is 5.92 Å². The van der Waals surface area contributed by atoms with Gasteiger partial charge in [0.15, 0.2) is 0 Å². The summed E-state index contributed by atoms with van der Waals surface area (Å²) in [5, 5.41) is 0.506. The zero-order valence-electron chi connectivity index (χ0n) is 14.5. The maximum absolute atomic E-state index is 14.3. The highest BCUT2D eigenvalue weighted by Crippen LogP contribution is 2.32. The molecule has 1 atom stereocenters. The molecule has 1 aliphatic heterocycles. The SMILES string of the molecule is CC(C)[C@H](C(=O)N(C)CCN)N1Cc2c(F)cnc3[nH]cc(c23)C1=O. The molecule has 1 aliphatic rings. The van der Waals surface area contributed by atoms with Crippen LogP contribution in [-0.4, -0.2) is 57.8 Å². The minimum Gasteiger partial charge on any atom is -0.345 e. The monoisotopic (exact) mass is 347 g/mol. The van der Waals surface area contributed by atoms with Crippen molar-refractivity contribution >= 4 is 22.8 Å². The molecular formula is C17H22FN5O2. The highest BCUT2D eigenvalue weighted by Gasteiger charge is 2.39. The van der Waals surface area contributed by atoms with Crippen LogP contribution in [0.2, 0.25) is 0 Å². The minimum atomic E-state index is -0.685. The number of amides is 2. The second-order valence-corrected chi connectivity index (χ2v) is 6.68. The first-order chi connectivity index (χ1) is 11.9. The molecule has 3 heterocycles. The number of aromatic amines is 1. The molecule has 2 aromatic heterocycles. The second-order valence-electron chi connectivity index (χ2n) is 6.68. The number of nitrogens with two attached hydrogens (primary N) is 1. The van der Waals surface area contributed by atoms with Crippen molar-refractivity contribution in [2.75, 3.05) is 20.1 Å². The van der Waals surface area contributed by atoms with E-state index in [1.54, 1.807) is 7.05 Å². The molecule has 0 aromatic carbocycles. The number of hydrogen-bond donors (Lipinski definition) is 2. The lowest BCUT2D eigenvalue weighted by molar-refractivity contribution is -0.136. The van der Waals surface area contributed by atoms with Gasteiger partial charge in [0.2, 0.25) is 5.91 Å². The zero-order valence-corrected chi connectivity index (χ0v) is 14.5. The van der Waals surface area contributed by atoms with Gasteiger partial charge in [-0.15, -0.1) is 0 Å². The normalized spacial score (nSPS) is 15.1. The molecule has 2 amide bonds. The highest BCUT2D eigenvalue weighted by molar-refractivity contribution is 6.10. The van der Waals surface area contributed by atoms with E-state index in [4.69, 9.17) is 5.73 Å². The Morgan fingerprint density at radius 2 is 2.24 bits per heavy atom. The van der Waals surface area contributed by atoms with Crippen LogP contribution < -0.4 is 5.73 Å². The number of nitrogens with one attached hydrogen (secondary N) is 1. The number of H-pyrrole nitrogens is 1. The Balaban J connectivity index is 2.03. The summed E-state index contributed by atoms with van der Waals surface area (Å²) in [5.41, 5.74) is 6.75. The Hall–Kier alpha value is -2.48. The molecule has 2 aromatic rings. The topological polar surface area (TPSA) is 95.3 Å². The smallest absolute Gasteiger partial charge is 0.257 e. The number of nitrogens with zero attached hydrogens (tertiary/aromatic N) is 3. The van der Waals surface area contributed by atoms with E-state index in [2.05, 4.69) is 9.97 Å². The molecule has 0 saturated heterocycles. The number of aromatic nitrogens is 2. The summed E-state index contributed by atoms with van der Waals surface area (Å²) in [5.74, 6) is -1.09. The summed E-state index contributed by atoms with van der Waals surface area (Å²) in [4.78, 5) is 35.7. The van der Waals surface area contributed by atoms with Gasteiger partial charge in [-0.25, -0.2) is 9.37 Å². The Morgan fingerprint density at radius 3 is 2.88 bits per heavy atom. The van der Waals surface area contributed by atoms with Gasteiger partial charge in [-0.1, -0.05) is 13.8 Å². The largest absolute Gasteiger partial charge is 0.345 e. The Kier molecular flexibility index (Phi) is 4.47. The fourth-order valence-corrected chi connectivity index (χ4v) is 3.39. The maximum Gasteiger partial charge on any atom is 0.257 e. The molecular weight excluding hydrogens is 325 g/mol. The molecule has 134 valence electrons. The lowest BCUT2D eigenvalue weighted by Gasteiger charge is -2.37. The van der Waals surface area contributed by atoms with Crippen molar-refractivity contribution in [1.82, 2.24) is 19.8 Å². The van der Waals surface area contributed by atoms with Gasteiger partial charge in [0.25, 0.3) is 5.91 Å². The van der Waals surface area contributed by atoms with E-state index < -0.39 is 11.9 Å². The molecule has 0 fully saturated rings. The van der Waals surface area contributed by atoms with Crippen molar-refractivity contribution in [3.05, 3.63) is 29.3 Å². The molecule has 0 unspecified atom stereocenters. The van der Waals surface area contributed by atoms with Crippen molar-refractivity contribution in [3.63, 3.8) is 0 Å². The summed E-state index contributed by atoms with van der Waals surface area (Å²) < 4.78 is 14.3. The average molecular weight is 347 g/mol. The average Bonchev–Trinajstić information content (AvgIpc) is 2.99. The highest BCUT2D eigenvalue weighted by atomic mass is 19.1. The van der Waals surface area contributed by atoms with Crippen LogP contribution in [0.15, 0.2) is 12.4 Å². The van der Waals surface area contributed by atoms with Gasteiger partial charge in [0.05, 0.1) is 18.3 Å². The Labute approximate surface area is 145 Å². The van der Waals surface area contributed by atoms with Crippen LogP contribution in [0.5, 0.6) is 0 Å². The number of likely N-dealkylation sites (N-methyl/N-ethyl adjacent to an activating group) is 1. The van der Waals surface area contributed by atoms with Gasteiger partial charge >= 0.3 is 0 Å². The van der Waals surface area contributed by atoms with Crippen molar-refractivity contribution in [3.8, 4) is 0 Å². The number of carbonyl (C=O) groups is 2. The fourth-order valence-electron chi connectivity index (χ4n) is 3.39. The van der Waals surface area contributed by atoms with Gasteiger partial charge < -0.3 is 20.5 Å². The van der Waals surface area contributed by atoms with Crippen molar-refractivity contribution in [1.29, 1.82) is 0 Å². The molecule has 0 spiro atoms. The first-order valence-corrected chi connectivity index (χ1v) is 8.27. The van der Waals surface area contributed by atoms with Gasteiger partial charge in [0.1, 0.15) is 17.5 Å². The third-order valence-corrected chi connectivity index (χ3v) is 4.64. The standard InChI is InChI=1S/C17H22FN5O2/c1-9(2)14(17(25)22(3)5-4-19)23-8-11-12(18)7-21-15-13(11)10(6-20-15)16(23)24/h6-7,9,14H,4-5,8,19H2,1-3H3,(H,20,21)/t14-/m1/s1. The quantitative estimate of drug-likeness (QED) is 0.847. The van der Waals surface area contributed by atoms with E-state index in [1.165, 1.54) is 16.0 Å². The van der Waals surface area contributed by atoms with Crippen LogP contribution in [0.4, 0.5) is 4.39 Å². The lowest BCUT2D eigenvalue weighted by Crippen LogP contribution is -2.53. The summed E-state index contributed by atoms with van der Waals surface area (Å²) in [6.45, 7) is 4.52. The molecule has 0 saturated carbocycles. The molecule has 0 radical (unpaired) electrons. The first kappa shape index (κ1) is 17.3. The van der Waals surface area contributed by atoms with Crippen molar-refractivity contribution < 1.29 is 14.0 Å². The van der Waals surface area contributed by atoms with Crippen LogP contribution >= 0.6 is 0 Å². The van der Waals surface area contributed by atoms with Crippen LogP contribution in [0, 0.1) is 11.7 Å². The minimum absolute atomic E-state index is 0.0413. The molecule has 3 rings (SSSR count). The van der Waals surface area contributed by atoms with E-state index in [1.807, 2.05) is 13.8 Å². The first-order valence-electron chi connectivity index (χ1n) is 8.27. The van der Waals surface area contributed by atoms with E-state index in [-0.39, 0.29) is 24.3 Å². The molecule has 8 heteroatoms. The van der Waals surface area contributed by atoms with Gasteiger partial charge in [-0.2, -0.15) is 0 Å². The molecule has 7 nitrogen and oxygen atoms in total. The van der Waals surface area contributed by atoms with E-state index in [0.717, 1.165) is 6.20 Å². The number of carbonyl (C=O) groups excluding carboxylic acids is 2. The van der Waals surface area contributed by atoms with Crippen molar-refractivity contribution in [2.45, 2.75) is 26.4 Å². The van der Waals surface area contributed by atoms with Crippen LogP contribution in [0.3, 0.4) is 0 Å². The van der Waals surface area contributed by atoms with E-state index in [9.17, 15) is 14.0 Å². The summed E-state index contributed by atoms with van der Waals surface area (Å²) in [7, 11) is 1.66. The van der Waals surface area contributed by atoms with Crippen molar-refractivity contribution in [2.24, 2.45) is 11.7 Å². The third-order valence-electron chi connectivity index (χ3n) is 4.64. The third kappa shape index (κ3) is 2.76.